The summed E-state index contributed by atoms with van der Waals surface area (Å²) in [5.74, 6) is 0.625. The third-order valence-corrected chi connectivity index (χ3v) is 4.07. The number of nitrogen functional groups attached to an aromatic ring is 1. The van der Waals surface area contributed by atoms with E-state index in [-0.39, 0.29) is 0 Å². The molecule has 3 aromatic rings. The molecule has 106 valence electrons. The van der Waals surface area contributed by atoms with Crippen molar-refractivity contribution >= 4 is 33.2 Å². The largest absolute Gasteiger partial charge is 0.398 e. The van der Waals surface area contributed by atoms with Gasteiger partial charge in [0.25, 0.3) is 0 Å². The zero-order chi connectivity index (χ0) is 15.0. The van der Waals surface area contributed by atoms with E-state index < -0.39 is 0 Å². The molecule has 0 aliphatic heterocycles. The van der Waals surface area contributed by atoms with Gasteiger partial charge < -0.3 is 5.73 Å². The quantitative estimate of drug-likeness (QED) is 0.705. The average Bonchev–Trinajstić information content (AvgIpc) is 2.91. The minimum atomic E-state index is 0.625. The maximum absolute atomic E-state index is 5.99. The smallest absolute Gasteiger partial charge is 0.187 e. The van der Waals surface area contributed by atoms with Gasteiger partial charge in [-0.15, -0.1) is 5.10 Å². The lowest BCUT2D eigenvalue weighted by Gasteiger charge is -2.09. The lowest BCUT2D eigenvalue weighted by atomic mass is 10.1. The van der Waals surface area contributed by atoms with Crippen molar-refractivity contribution in [3.8, 4) is 17.1 Å². The van der Waals surface area contributed by atoms with Crippen LogP contribution in [0.25, 0.3) is 17.1 Å². The molecule has 2 aromatic carbocycles. The number of benzene rings is 2. The lowest BCUT2D eigenvalue weighted by Crippen LogP contribution is -2.02. The summed E-state index contributed by atoms with van der Waals surface area (Å²) >= 11 is 9.37. The topological polar surface area (TPSA) is 69.6 Å². The van der Waals surface area contributed by atoms with Crippen LogP contribution in [0.2, 0.25) is 5.02 Å². The zero-order valence-electron chi connectivity index (χ0n) is 11.1. The van der Waals surface area contributed by atoms with Crippen LogP contribution in [-0.2, 0) is 0 Å². The highest BCUT2D eigenvalue weighted by atomic mass is 79.9. The van der Waals surface area contributed by atoms with Gasteiger partial charge >= 0.3 is 0 Å². The molecule has 0 bridgehead atoms. The first-order chi connectivity index (χ1) is 10.1. The van der Waals surface area contributed by atoms with E-state index in [2.05, 4.69) is 31.5 Å². The van der Waals surface area contributed by atoms with Crippen molar-refractivity contribution in [2.24, 2.45) is 0 Å². The van der Waals surface area contributed by atoms with Crippen LogP contribution < -0.4 is 5.73 Å². The van der Waals surface area contributed by atoms with Gasteiger partial charge in [-0.3, -0.25) is 0 Å². The fraction of sp³-hybridized carbons (Fsp3) is 0.0714. The fourth-order valence-corrected chi connectivity index (χ4v) is 2.54. The van der Waals surface area contributed by atoms with Crippen molar-refractivity contribution < 1.29 is 0 Å². The van der Waals surface area contributed by atoms with Gasteiger partial charge in [-0.1, -0.05) is 11.6 Å². The minimum absolute atomic E-state index is 0.625. The van der Waals surface area contributed by atoms with Crippen LogP contribution >= 0.6 is 27.5 Å². The second-order valence-electron chi connectivity index (χ2n) is 4.58. The van der Waals surface area contributed by atoms with Crippen LogP contribution in [0.15, 0.2) is 40.9 Å². The number of aromatic nitrogens is 4. The van der Waals surface area contributed by atoms with Crippen molar-refractivity contribution in [3.05, 3.63) is 51.5 Å². The number of halogens is 2. The van der Waals surface area contributed by atoms with Gasteiger partial charge in [0.1, 0.15) is 0 Å². The van der Waals surface area contributed by atoms with Gasteiger partial charge in [0.15, 0.2) is 5.82 Å². The van der Waals surface area contributed by atoms with Crippen LogP contribution in [0, 0.1) is 6.92 Å². The summed E-state index contributed by atoms with van der Waals surface area (Å²) in [7, 11) is 0. The predicted molar refractivity (Wildman–Crippen MR) is 86.4 cm³/mol. The van der Waals surface area contributed by atoms with Crippen LogP contribution in [0.5, 0.6) is 0 Å². The van der Waals surface area contributed by atoms with Gasteiger partial charge in [0.2, 0.25) is 0 Å². The summed E-state index contributed by atoms with van der Waals surface area (Å²) in [4.78, 5) is 0. The fourth-order valence-electron chi connectivity index (χ4n) is 2.07. The molecule has 0 saturated heterocycles. The average molecular weight is 365 g/mol. The number of rotatable bonds is 2. The zero-order valence-corrected chi connectivity index (χ0v) is 13.4. The molecule has 1 aromatic heterocycles. The van der Waals surface area contributed by atoms with E-state index >= 15 is 0 Å². The Morgan fingerprint density at radius 2 is 2.00 bits per heavy atom. The molecule has 0 unspecified atom stereocenters. The standard InChI is InChI=1S/C14H11BrClN5/c1-8-6-10(16)3-5-13(8)21-14(18-19-20-21)9-2-4-11(15)12(17)7-9/h2-7H,17H2,1H3. The van der Waals surface area contributed by atoms with E-state index in [1.54, 1.807) is 4.68 Å². The summed E-state index contributed by atoms with van der Waals surface area (Å²) in [5.41, 5.74) is 9.26. The third-order valence-electron chi connectivity index (χ3n) is 3.11. The van der Waals surface area contributed by atoms with E-state index in [9.17, 15) is 0 Å². The molecule has 0 aliphatic rings. The summed E-state index contributed by atoms with van der Waals surface area (Å²) in [6.07, 6.45) is 0. The van der Waals surface area contributed by atoms with Gasteiger partial charge in [-0.05, 0) is 75.2 Å². The van der Waals surface area contributed by atoms with E-state index in [4.69, 9.17) is 17.3 Å². The molecule has 0 atom stereocenters. The molecule has 2 N–H and O–H groups in total. The van der Waals surface area contributed by atoms with E-state index in [1.807, 2.05) is 43.3 Å². The Hall–Kier alpha value is -1.92. The normalized spacial score (nSPS) is 10.8. The first kappa shape index (κ1) is 14.0. The number of hydrogen-bond acceptors (Lipinski definition) is 4. The van der Waals surface area contributed by atoms with Crippen molar-refractivity contribution in [2.75, 3.05) is 5.73 Å². The number of hydrogen-bond donors (Lipinski definition) is 1. The van der Waals surface area contributed by atoms with Gasteiger partial charge in [-0.25, -0.2) is 0 Å². The summed E-state index contributed by atoms with van der Waals surface area (Å²) in [6, 6.07) is 11.2. The molecule has 5 nitrogen and oxygen atoms in total. The van der Waals surface area contributed by atoms with Crippen molar-refractivity contribution in [2.45, 2.75) is 6.92 Å². The Balaban J connectivity index is 2.14. The van der Waals surface area contributed by atoms with Crippen LogP contribution in [0.3, 0.4) is 0 Å². The Labute approximate surface area is 134 Å². The molecule has 21 heavy (non-hydrogen) atoms. The Morgan fingerprint density at radius 3 is 2.71 bits per heavy atom. The Bertz CT molecular complexity index is 815. The molecular formula is C14H11BrClN5. The predicted octanol–water partition coefficient (Wildman–Crippen LogP) is 3.64. The summed E-state index contributed by atoms with van der Waals surface area (Å²) < 4.78 is 2.52. The van der Waals surface area contributed by atoms with E-state index in [0.717, 1.165) is 21.3 Å². The highest BCUT2D eigenvalue weighted by Gasteiger charge is 2.13. The second kappa shape index (κ2) is 5.46. The highest BCUT2D eigenvalue weighted by molar-refractivity contribution is 9.10. The number of anilines is 1. The molecule has 0 spiro atoms. The molecule has 0 aliphatic carbocycles. The molecular weight excluding hydrogens is 354 g/mol. The summed E-state index contributed by atoms with van der Waals surface area (Å²) in [5, 5.41) is 12.6. The Morgan fingerprint density at radius 1 is 1.19 bits per heavy atom. The van der Waals surface area contributed by atoms with Crippen LogP contribution in [0.1, 0.15) is 5.56 Å². The van der Waals surface area contributed by atoms with Crippen molar-refractivity contribution in [1.29, 1.82) is 0 Å². The van der Waals surface area contributed by atoms with E-state index in [1.165, 1.54) is 0 Å². The number of tetrazole rings is 1. The molecule has 0 saturated carbocycles. The Kier molecular flexibility index (Phi) is 3.65. The number of nitrogens with two attached hydrogens (primary N) is 1. The molecule has 7 heteroatoms. The van der Waals surface area contributed by atoms with Gasteiger partial charge in [0, 0.05) is 20.7 Å². The maximum Gasteiger partial charge on any atom is 0.187 e. The summed E-state index contributed by atoms with van der Waals surface area (Å²) in [6.45, 7) is 1.96. The van der Waals surface area contributed by atoms with Crippen LogP contribution in [0.4, 0.5) is 5.69 Å². The first-order valence-corrected chi connectivity index (χ1v) is 7.33. The van der Waals surface area contributed by atoms with Crippen LogP contribution in [-0.4, -0.2) is 20.2 Å². The van der Waals surface area contributed by atoms with Gasteiger partial charge in [-0.2, -0.15) is 4.68 Å². The van der Waals surface area contributed by atoms with Gasteiger partial charge in [0.05, 0.1) is 5.69 Å². The molecule has 0 fully saturated rings. The van der Waals surface area contributed by atoms with Crippen molar-refractivity contribution in [1.82, 2.24) is 20.2 Å². The van der Waals surface area contributed by atoms with Crippen molar-refractivity contribution in [3.63, 3.8) is 0 Å². The molecule has 0 radical (unpaired) electrons. The third kappa shape index (κ3) is 2.64. The lowest BCUT2D eigenvalue weighted by molar-refractivity contribution is 0.787. The first-order valence-electron chi connectivity index (χ1n) is 6.16. The maximum atomic E-state index is 5.99. The molecule has 3 rings (SSSR count). The molecule has 1 heterocycles. The molecule has 0 amide bonds. The van der Waals surface area contributed by atoms with E-state index in [0.29, 0.717) is 16.5 Å². The number of aryl methyl sites for hydroxylation is 1. The second-order valence-corrected chi connectivity index (χ2v) is 5.87. The number of nitrogens with zero attached hydrogens (tertiary/aromatic N) is 4. The minimum Gasteiger partial charge on any atom is -0.398 e. The monoisotopic (exact) mass is 363 g/mol. The SMILES string of the molecule is Cc1cc(Cl)ccc1-n1nnnc1-c1ccc(Br)c(N)c1. The highest BCUT2D eigenvalue weighted by Crippen LogP contribution is 2.28.